The Balaban J connectivity index is 2.68. The molecule has 1 unspecified atom stereocenters. The third-order valence-electron chi connectivity index (χ3n) is 2.85. The van der Waals surface area contributed by atoms with E-state index in [0.29, 0.717) is 6.04 Å². The lowest BCUT2D eigenvalue weighted by Crippen LogP contribution is -2.24. The number of terminal acetylenes is 1. The van der Waals surface area contributed by atoms with Crippen molar-refractivity contribution in [1.82, 2.24) is 15.1 Å². The van der Waals surface area contributed by atoms with Crippen LogP contribution in [-0.2, 0) is 7.05 Å². The molecule has 0 radical (unpaired) electrons. The van der Waals surface area contributed by atoms with Crippen LogP contribution < -0.4 is 5.32 Å². The molecule has 1 atom stereocenters. The number of hydrogen-bond acceptors (Lipinski definition) is 2. The van der Waals surface area contributed by atoms with Gasteiger partial charge in [-0.1, -0.05) is 6.92 Å². The van der Waals surface area contributed by atoms with Gasteiger partial charge < -0.3 is 5.32 Å². The predicted octanol–water partition coefficient (Wildman–Crippen LogP) is 2.57. The zero-order chi connectivity index (χ0) is 12.7. The normalized spacial score (nSPS) is 12.4. The highest BCUT2D eigenvalue weighted by molar-refractivity contribution is 5.13. The van der Waals surface area contributed by atoms with Crippen LogP contribution in [0.4, 0.5) is 0 Å². The molecule has 17 heavy (non-hydrogen) atoms. The lowest BCUT2D eigenvalue weighted by Gasteiger charge is -2.18. The first-order chi connectivity index (χ1) is 8.19. The second-order valence-corrected chi connectivity index (χ2v) is 4.44. The summed E-state index contributed by atoms with van der Waals surface area (Å²) < 4.78 is 1.97. The third-order valence-corrected chi connectivity index (χ3v) is 2.85. The van der Waals surface area contributed by atoms with E-state index in [0.717, 1.165) is 37.9 Å². The fourth-order valence-electron chi connectivity index (χ4n) is 2.04. The Labute approximate surface area is 105 Å². The number of nitrogens with one attached hydrogen (secondary N) is 1. The molecule has 1 rings (SSSR count). The number of unbranched alkanes of at least 4 members (excludes halogenated alkanes) is 1. The molecule has 0 aliphatic rings. The van der Waals surface area contributed by atoms with E-state index in [1.165, 1.54) is 5.69 Å². The van der Waals surface area contributed by atoms with E-state index in [1.807, 2.05) is 18.7 Å². The third kappa shape index (κ3) is 4.24. The minimum atomic E-state index is 0.370. The summed E-state index contributed by atoms with van der Waals surface area (Å²) >= 11 is 0. The maximum atomic E-state index is 5.30. The molecule has 0 saturated carbocycles. The van der Waals surface area contributed by atoms with Gasteiger partial charge in [0.2, 0.25) is 0 Å². The summed E-state index contributed by atoms with van der Waals surface area (Å²) in [6, 6.07) is 2.53. The lowest BCUT2D eigenvalue weighted by atomic mass is 10.1. The number of aryl methyl sites for hydroxylation is 2. The molecule has 94 valence electrons. The first-order valence-electron chi connectivity index (χ1n) is 6.36. The first-order valence-corrected chi connectivity index (χ1v) is 6.36. The lowest BCUT2D eigenvalue weighted by molar-refractivity contribution is 0.458. The average molecular weight is 233 g/mol. The van der Waals surface area contributed by atoms with Crippen molar-refractivity contribution in [3.05, 3.63) is 17.5 Å². The Morgan fingerprint density at radius 2 is 2.35 bits per heavy atom. The highest BCUT2D eigenvalue weighted by Crippen LogP contribution is 2.19. The van der Waals surface area contributed by atoms with E-state index < -0.39 is 0 Å². The molecule has 0 amide bonds. The Morgan fingerprint density at radius 3 is 2.88 bits per heavy atom. The van der Waals surface area contributed by atoms with Crippen molar-refractivity contribution in [2.45, 2.75) is 45.6 Å². The maximum Gasteiger partial charge on any atom is 0.0597 e. The number of rotatable bonds is 7. The molecule has 0 aliphatic heterocycles. The summed E-state index contributed by atoms with van der Waals surface area (Å²) in [6.07, 6.45) is 9.42. The summed E-state index contributed by atoms with van der Waals surface area (Å²) in [6.45, 7) is 5.24. The summed E-state index contributed by atoms with van der Waals surface area (Å²) in [5, 5.41) is 7.97. The molecule has 1 N–H and O–H groups in total. The summed E-state index contributed by atoms with van der Waals surface area (Å²) in [4.78, 5) is 0. The van der Waals surface area contributed by atoms with Crippen molar-refractivity contribution < 1.29 is 0 Å². The van der Waals surface area contributed by atoms with Crippen LogP contribution in [0.25, 0.3) is 0 Å². The smallest absolute Gasteiger partial charge is 0.0597 e. The van der Waals surface area contributed by atoms with Crippen LogP contribution in [0.3, 0.4) is 0 Å². The first kappa shape index (κ1) is 13.8. The molecule has 0 bridgehead atoms. The molecule has 0 aliphatic carbocycles. The molecule has 1 aromatic rings. The van der Waals surface area contributed by atoms with Gasteiger partial charge in [0, 0.05) is 19.5 Å². The number of aromatic nitrogens is 2. The van der Waals surface area contributed by atoms with E-state index >= 15 is 0 Å². The SMILES string of the molecule is C#CCCCC(NCCC)c1cc(C)nn1C. The quantitative estimate of drug-likeness (QED) is 0.579. The zero-order valence-corrected chi connectivity index (χ0v) is 11.2. The van der Waals surface area contributed by atoms with Gasteiger partial charge in [0.1, 0.15) is 0 Å². The van der Waals surface area contributed by atoms with Crippen LogP contribution in [0.1, 0.15) is 50.0 Å². The number of hydrogen-bond donors (Lipinski definition) is 1. The van der Waals surface area contributed by atoms with Crippen LogP contribution in [0.2, 0.25) is 0 Å². The van der Waals surface area contributed by atoms with Gasteiger partial charge in [-0.2, -0.15) is 5.10 Å². The minimum absolute atomic E-state index is 0.370. The highest BCUT2D eigenvalue weighted by atomic mass is 15.3. The predicted molar refractivity (Wildman–Crippen MR) is 71.7 cm³/mol. The van der Waals surface area contributed by atoms with Gasteiger partial charge in [0.15, 0.2) is 0 Å². The number of nitrogens with zero attached hydrogens (tertiary/aromatic N) is 2. The Morgan fingerprint density at radius 1 is 1.59 bits per heavy atom. The highest BCUT2D eigenvalue weighted by Gasteiger charge is 2.14. The molecule has 0 saturated heterocycles. The monoisotopic (exact) mass is 233 g/mol. The molecule has 0 spiro atoms. The molecular weight excluding hydrogens is 210 g/mol. The van der Waals surface area contributed by atoms with Crippen LogP contribution in [0, 0.1) is 19.3 Å². The van der Waals surface area contributed by atoms with Crippen molar-refractivity contribution >= 4 is 0 Å². The van der Waals surface area contributed by atoms with Crippen molar-refractivity contribution in [1.29, 1.82) is 0 Å². The Bertz CT molecular complexity index is 373. The van der Waals surface area contributed by atoms with Gasteiger partial charge in [-0.15, -0.1) is 12.3 Å². The maximum absolute atomic E-state index is 5.30. The van der Waals surface area contributed by atoms with E-state index in [4.69, 9.17) is 6.42 Å². The van der Waals surface area contributed by atoms with Gasteiger partial charge >= 0.3 is 0 Å². The molecule has 3 nitrogen and oxygen atoms in total. The summed E-state index contributed by atoms with van der Waals surface area (Å²) in [7, 11) is 2.00. The fraction of sp³-hybridized carbons (Fsp3) is 0.643. The van der Waals surface area contributed by atoms with Crippen molar-refractivity contribution in [3.8, 4) is 12.3 Å². The average Bonchev–Trinajstić information content (AvgIpc) is 2.63. The Kier molecular flexibility index (Phi) is 5.79. The summed E-state index contributed by atoms with van der Waals surface area (Å²) in [5.74, 6) is 2.70. The van der Waals surface area contributed by atoms with Crippen molar-refractivity contribution in [2.75, 3.05) is 6.54 Å². The van der Waals surface area contributed by atoms with Crippen LogP contribution in [0.5, 0.6) is 0 Å². The standard InChI is InChI=1S/C14H23N3/c1-5-7-8-9-13(15-10-6-2)14-11-12(3)16-17(14)4/h1,11,13,15H,6-10H2,2-4H3. The molecule has 3 heteroatoms. The molecule has 1 aromatic heterocycles. The molecular formula is C14H23N3. The van der Waals surface area contributed by atoms with Gasteiger partial charge in [-0.3, -0.25) is 4.68 Å². The van der Waals surface area contributed by atoms with Crippen LogP contribution in [-0.4, -0.2) is 16.3 Å². The van der Waals surface area contributed by atoms with Gasteiger partial charge in [0.05, 0.1) is 11.4 Å². The van der Waals surface area contributed by atoms with E-state index in [1.54, 1.807) is 0 Å². The zero-order valence-electron chi connectivity index (χ0n) is 11.2. The van der Waals surface area contributed by atoms with Gasteiger partial charge in [0.25, 0.3) is 0 Å². The second-order valence-electron chi connectivity index (χ2n) is 4.44. The largest absolute Gasteiger partial charge is 0.309 e. The van der Waals surface area contributed by atoms with Crippen molar-refractivity contribution in [3.63, 3.8) is 0 Å². The Hall–Kier alpha value is -1.27. The molecule has 0 fully saturated rings. The topological polar surface area (TPSA) is 29.9 Å². The van der Waals surface area contributed by atoms with E-state index in [9.17, 15) is 0 Å². The van der Waals surface area contributed by atoms with Crippen LogP contribution >= 0.6 is 0 Å². The second kappa shape index (κ2) is 7.13. The van der Waals surface area contributed by atoms with Gasteiger partial charge in [-0.05, 0) is 38.8 Å². The van der Waals surface area contributed by atoms with Crippen LogP contribution in [0.15, 0.2) is 6.07 Å². The fourth-order valence-corrected chi connectivity index (χ4v) is 2.04. The summed E-state index contributed by atoms with van der Waals surface area (Å²) in [5.41, 5.74) is 2.33. The molecule has 0 aromatic carbocycles. The van der Waals surface area contributed by atoms with E-state index in [-0.39, 0.29) is 0 Å². The van der Waals surface area contributed by atoms with Crippen molar-refractivity contribution in [2.24, 2.45) is 7.05 Å². The minimum Gasteiger partial charge on any atom is -0.309 e. The molecule has 1 heterocycles. The van der Waals surface area contributed by atoms with Gasteiger partial charge in [-0.25, -0.2) is 0 Å². The van der Waals surface area contributed by atoms with E-state index in [2.05, 4.69) is 29.3 Å².